The number of benzene rings is 1. The fourth-order valence-electron chi connectivity index (χ4n) is 4.59. The van der Waals surface area contributed by atoms with E-state index in [4.69, 9.17) is 9.15 Å². The second-order valence-electron chi connectivity index (χ2n) is 8.30. The van der Waals surface area contributed by atoms with Crippen LogP contribution >= 0.6 is 0 Å². The average Bonchev–Trinajstić information content (AvgIpc) is 2.99. The number of carbonyl (C=O) groups is 3. The zero-order chi connectivity index (χ0) is 21.6. The molecule has 2 aromatic rings. The smallest absolute Gasteiger partial charge is 0.336 e. The average molecular weight is 411 g/mol. The molecule has 1 saturated carbocycles. The minimum absolute atomic E-state index is 0.142. The number of nitrogens with zero attached hydrogens (tertiary/aromatic N) is 1. The second kappa shape index (κ2) is 7.70. The van der Waals surface area contributed by atoms with E-state index in [-0.39, 0.29) is 30.3 Å². The largest absolute Gasteiger partial charge is 0.459 e. The third-order valence-corrected chi connectivity index (χ3v) is 6.49. The Labute approximate surface area is 174 Å². The Balaban J connectivity index is 1.53. The van der Waals surface area contributed by atoms with E-state index in [1.165, 1.54) is 13.0 Å². The maximum Gasteiger partial charge on any atom is 0.336 e. The van der Waals surface area contributed by atoms with E-state index < -0.39 is 17.6 Å². The van der Waals surface area contributed by atoms with Crippen molar-refractivity contribution in [1.82, 2.24) is 4.90 Å². The Kier molecular flexibility index (Phi) is 5.22. The Hall–Kier alpha value is -2.96. The Morgan fingerprint density at radius 2 is 1.77 bits per heavy atom. The molecule has 0 unspecified atom stereocenters. The molecule has 0 radical (unpaired) electrons. The highest BCUT2D eigenvalue weighted by molar-refractivity contribution is 6.07. The van der Waals surface area contributed by atoms with Crippen LogP contribution in [0.15, 0.2) is 27.4 Å². The van der Waals surface area contributed by atoms with Gasteiger partial charge >= 0.3 is 11.6 Å². The molecule has 0 bridgehead atoms. The maximum absolute atomic E-state index is 12.7. The molecule has 3 atom stereocenters. The summed E-state index contributed by atoms with van der Waals surface area (Å²) in [6.45, 7) is 5.16. The minimum Gasteiger partial charge on any atom is -0.459 e. The number of carbonyl (C=O) groups excluding carboxylic acids is 3. The molecule has 1 aromatic heterocycles. The van der Waals surface area contributed by atoms with Gasteiger partial charge in [-0.3, -0.25) is 14.5 Å². The third kappa shape index (κ3) is 3.32. The van der Waals surface area contributed by atoms with E-state index in [1.54, 1.807) is 0 Å². The lowest BCUT2D eigenvalue weighted by atomic mass is 9.81. The van der Waals surface area contributed by atoms with Gasteiger partial charge in [-0.05, 0) is 44.7 Å². The summed E-state index contributed by atoms with van der Waals surface area (Å²) in [4.78, 5) is 51.1. The predicted octanol–water partition coefficient (Wildman–Crippen LogP) is 3.02. The molecule has 2 fully saturated rings. The fourth-order valence-corrected chi connectivity index (χ4v) is 4.59. The van der Waals surface area contributed by atoms with Gasteiger partial charge in [0.05, 0.1) is 11.8 Å². The van der Waals surface area contributed by atoms with Gasteiger partial charge in [0.1, 0.15) is 18.2 Å². The Morgan fingerprint density at radius 3 is 2.40 bits per heavy atom. The first-order chi connectivity index (χ1) is 14.3. The number of esters is 1. The van der Waals surface area contributed by atoms with Crippen LogP contribution in [0.3, 0.4) is 0 Å². The summed E-state index contributed by atoms with van der Waals surface area (Å²) in [5, 5.41) is 0.692. The van der Waals surface area contributed by atoms with Crippen LogP contribution in [-0.2, 0) is 25.7 Å². The maximum atomic E-state index is 12.7. The van der Waals surface area contributed by atoms with Crippen LogP contribution < -0.4 is 5.63 Å². The quantitative estimate of drug-likeness (QED) is 0.436. The highest BCUT2D eigenvalue weighted by Gasteiger charge is 2.51. The van der Waals surface area contributed by atoms with Crippen molar-refractivity contribution >= 4 is 28.8 Å². The standard InChI is InChI=1S/C23H25NO6/c1-12-8-9-16-15(10-19(25)30-20(16)13(12)2)11-29-23(28)14(3)24-21(26)17-6-4-5-7-18(17)22(24)27/h8-10,14,17-18H,4-7,11H2,1-3H3/t14-,17-,18-/m0/s1. The highest BCUT2D eigenvalue weighted by atomic mass is 16.5. The number of aryl methyl sites for hydroxylation is 2. The van der Waals surface area contributed by atoms with Crippen LogP contribution in [-0.4, -0.2) is 28.7 Å². The number of likely N-dealkylation sites (tertiary alicyclic amines) is 1. The molecule has 4 rings (SSSR count). The zero-order valence-electron chi connectivity index (χ0n) is 17.4. The van der Waals surface area contributed by atoms with Gasteiger partial charge in [-0.15, -0.1) is 0 Å². The van der Waals surface area contributed by atoms with Crippen molar-refractivity contribution in [2.24, 2.45) is 11.8 Å². The molecule has 1 saturated heterocycles. The third-order valence-electron chi connectivity index (χ3n) is 6.49. The number of ether oxygens (including phenoxy) is 1. The summed E-state index contributed by atoms with van der Waals surface area (Å²) in [7, 11) is 0. The summed E-state index contributed by atoms with van der Waals surface area (Å²) in [5.41, 5.74) is 2.31. The minimum atomic E-state index is -0.994. The Bertz CT molecular complexity index is 1080. The number of hydrogen-bond donors (Lipinski definition) is 0. The molecule has 0 spiro atoms. The van der Waals surface area contributed by atoms with Crippen molar-refractivity contribution in [3.8, 4) is 0 Å². The van der Waals surface area contributed by atoms with Crippen molar-refractivity contribution in [3.05, 3.63) is 45.3 Å². The second-order valence-corrected chi connectivity index (χ2v) is 8.30. The van der Waals surface area contributed by atoms with Crippen LogP contribution in [0.1, 0.15) is 49.3 Å². The first-order valence-electron chi connectivity index (χ1n) is 10.4. The summed E-state index contributed by atoms with van der Waals surface area (Å²) in [6.07, 6.45) is 3.24. The van der Waals surface area contributed by atoms with E-state index in [0.717, 1.165) is 28.9 Å². The molecular formula is C23H25NO6. The molecule has 1 aromatic carbocycles. The first-order valence-corrected chi connectivity index (χ1v) is 10.4. The van der Waals surface area contributed by atoms with Gasteiger partial charge in [0, 0.05) is 17.0 Å². The van der Waals surface area contributed by atoms with Crippen molar-refractivity contribution in [1.29, 1.82) is 0 Å². The van der Waals surface area contributed by atoms with Gasteiger partial charge in [0.25, 0.3) is 0 Å². The molecule has 7 heteroatoms. The zero-order valence-corrected chi connectivity index (χ0v) is 17.4. The van der Waals surface area contributed by atoms with Gasteiger partial charge in [0.15, 0.2) is 0 Å². The molecule has 2 amide bonds. The van der Waals surface area contributed by atoms with Gasteiger partial charge < -0.3 is 9.15 Å². The number of amides is 2. The lowest BCUT2D eigenvalue weighted by molar-refractivity contribution is -0.159. The summed E-state index contributed by atoms with van der Waals surface area (Å²) in [5.74, 6) is -1.83. The van der Waals surface area contributed by atoms with Crippen molar-refractivity contribution in [2.75, 3.05) is 0 Å². The number of imide groups is 1. The van der Waals surface area contributed by atoms with Gasteiger partial charge in [-0.1, -0.05) is 25.0 Å². The lowest BCUT2D eigenvalue weighted by Crippen LogP contribution is -2.44. The summed E-state index contributed by atoms with van der Waals surface area (Å²) >= 11 is 0. The molecular weight excluding hydrogens is 386 g/mol. The molecule has 0 N–H and O–H groups in total. The molecule has 1 aliphatic carbocycles. The van der Waals surface area contributed by atoms with E-state index >= 15 is 0 Å². The SMILES string of the molecule is Cc1ccc2c(COC(=O)[C@H](C)N3C(=O)[C@H]4CCCC[C@@H]4C3=O)cc(=O)oc2c1C. The number of fused-ring (bicyclic) bond motifs is 2. The van der Waals surface area contributed by atoms with Crippen LogP contribution in [0.5, 0.6) is 0 Å². The summed E-state index contributed by atoms with van der Waals surface area (Å²) < 4.78 is 10.8. The van der Waals surface area contributed by atoms with Crippen LogP contribution in [0.25, 0.3) is 11.0 Å². The topological polar surface area (TPSA) is 93.9 Å². The lowest BCUT2D eigenvalue weighted by Gasteiger charge is -2.21. The highest BCUT2D eigenvalue weighted by Crippen LogP contribution is 2.39. The monoisotopic (exact) mass is 411 g/mol. The number of rotatable bonds is 4. The van der Waals surface area contributed by atoms with E-state index in [9.17, 15) is 19.2 Å². The predicted molar refractivity (Wildman–Crippen MR) is 109 cm³/mol. The molecule has 158 valence electrons. The Morgan fingerprint density at radius 1 is 1.13 bits per heavy atom. The van der Waals surface area contributed by atoms with Crippen molar-refractivity contribution < 1.29 is 23.5 Å². The molecule has 7 nitrogen and oxygen atoms in total. The molecule has 2 heterocycles. The van der Waals surface area contributed by atoms with Crippen molar-refractivity contribution in [3.63, 3.8) is 0 Å². The van der Waals surface area contributed by atoms with E-state index in [2.05, 4.69) is 0 Å². The molecule has 30 heavy (non-hydrogen) atoms. The van der Waals surface area contributed by atoms with Gasteiger partial charge in [-0.25, -0.2) is 9.59 Å². The first kappa shape index (κ1) is 20.3. The van der Waals surface area contributed by atoms with Crippen LogP contribution in [0.4, 0.5) is 0 Å². The van der Waals surface area contributed by atoms with Crippen LogP contribution in [0, 0.1) is 25.7 Å². The summed E-state index contributed by atoms with van der Waals surface area (Å²) in [6, 6.07) is 4.04. The normalized spacial score (nSPS) is 22.3. The molecule has 2 aliphatic rings. The molecule has 1 aliphatic heterocycles. The van der Waals surface area contributed by atoms with Gasteiger partial charge in [-0.2, -0.15) is 0 Å². The van der Waals surface area contributed by atoms with Crippen LogP contribution in [0.2, 0.25) is 0 Å². The van der Waals surface area contributed by atoms with Gasteiger partial charge in [0.2, 0.25) is 11.8 Å². The number of hydrogen-bond acceptors (Lipinski definition) is 6. The fraction of sp³-hybridized carbons (Fsp3) is 0.478. The van der Waals surface area contributed by atoms with E-state index in [0.29, 0.717) is 29.4 Å². The van der Waals surface area contributed by atoms with Crippen molar-refractivity contribution in [2.45, 2.75) is 59.1 Å². The van der Waals surface area contributed by atoms with E-state index in [1.807, 2.05) is 26.0 Å².